The zero-order chi connectivity index (χ0) is 19.7. The van der Waals surface area contributed by atoms with Crippen LogP contribution in [-0.2, 0) is 10.3 Å². The van der Waals surface area contributed by atoms with E-state index in [-0.39, 0.29) is 5.91 Å². The molecule has 5 nitrogen and oxygen atoms in total. The number of hydrogen-bond acceptors (Lipinski definition) is 4. The molecule has 1 saturated heterocycles. The van der Waals surface area contributed by atoms with Gasteiger partial charge in [-0.3, -0.25) is 4.79 Å². The van der Waals surface area contributed by atoms with Crippen LogP contribution in [0, 0.1) is 0 Å². The maximum absolute atomic E-state index is 12.0. The van der Waals surface area contributed by atoms with Gasteiger partial charge in [0.15, 0.2) is 0 Å². The maximum Gasteiger partial charge on any atom is 0.217 e. The van der Waals surface area contributed by atoms with Crippen LogP contribution in [0.25, 0.3) is 10.9 Å². The average molecular weight is 401 g/mol. The first kappa shape index (κ1) is 19.5. The highest BCUT2D eigenvalue weighted by Crippen LogP contribution is 2.43. The fourth-order valence-electron chi connectivity index (χ4n) is 4.96. The number of likely N-dealkylation sites (N-methyl/N-ethyl adjacent to an activating group) is 1. The first-order valence-corrected chi connectivity index (χ1v) is 10.7. The summed E-state index contributed by atoms with van der Waals surface area (Å²) in [6.45, 7) is 3.59. The second-order valence-electron chi connectivity index (χ2n) is 8.20. The topological polar surface area (TPSA) is 57.3 Å². The molecule has 2 aliphatic rings. The summed E-state index contributed by atoms with van der Waals surface area (Å²) in [5, 5.41) is 8.38. The van der Waals surface area contributed by atoms with Crippen LogP contribution >= 0.6 is 11.6 Å². The van der Waals surface area contributed by atoms with Gasteiger partial charge in [-0.15, -0.1) is 0 Å². The first-order chi connectivity index (χ1) is 13.5. The van der Waals surface area contributed by atoms with Crippen LogP contribution in [0.3, 0.4) is 0 Å². The Hall–Kier alpha value is -1.85. The summed E-state index contributed by atoms with van der Waals surface area (Å²) in [6.07, 6.45) is 6.36. The van der Waals surface area contributed by atoms with E-state index in [1.807, 2.05) is 19.2 Å². The number of rotatable bonds is 4. The molecule has 0 bridgehead atoms. The molecule has 0 radical (unpaired) electrons. The van der Waals surface area contributed by atoms with Crippen LogP contribution in [0.1, 0.15) is 51.0 Å². The number of aromatic nitrogens is 1. The van der Waals surface area contributed by atoms with E-state index in [0.29, 0.717) is 11.1 Å². The Balaban J connectivity index is 1.78. The minimum atomic E-state index is -0.394. The lowest BCUT2D eigenvalue weighted by Gasteiger charge is -2.39. The highest BCUT2D eigenvalue weighted by molar-refractivity contribution is 6.32. The number of anilines is 1. The van der Waals surface area contributed by atoms with E-state index in [1.54, 1.807) is 6.92 Å². The van der Waals surface area contributed by atoms with Crippen LogP contribution in [0.2, 0.25) is 5.02 Å². The van der Waals surface area contributed by atoms with Crippen molar-refractivity contribution in [1.29, 1.82) is 0 Å². The summed E-state index contributed by atoms with van der Waals surface area (Å²) in [5.41, 5.74) is 1.59. The van der Waals surface area contributed by atoms with Crippen molar-refractivity contribution in [3.63, 3.8) is 0 Å². The van der Waals surface area contributed by atoms with E-state index >= 15 is 0 Å². The van der Waals surface area contributed by atoms with E-state index < -0.39 is 5.54 Å². The fraction of sp³-hybridized carbons (Fsp3) is 0.545. The van der Waals surface area contributed by atoms with Crippen LogP contribution in [0.15, 0.2) is 24.3 Å². The Labute approximate surface area is 171 Å². The van der Waals surface area contributed by atoms with Crippen molar-refractivity contribution in [2.45, 2.75) is 57.0 Å². The Morgan fingerprint density at radius 3 is 2.68 bits per heavy atom. The second-order valence-corrected chi connectivity index (χ2v) is 8.61. The maximum atomic E-state index is 12.0. The number of fused-ring (bicyclic) bond motifs is 1. The minimum absolute atomic E-state index is 0.00489. The van der Waals surface area contributed by atoms with Crippen molar-refractivity contribution in [2.75, 3.05) is 25.0 Å². The Bertz CT molecular complexity index is 878. The third kappa shape index (κ3) is 3.58. The van der Waals surface area contributed by atoms with Gasteiger partial charge in [-0.2, -0.15) is 0 Å². The molecule has 1 aromatic carbocycles. The third-order valence-corrected chi connectivity index (χ3v) is 6.64. The first-order valence-electron chi connectivity index (χ1n) is 10.3. The smallest absolute Gasteiger partial charge is 0.217 e. The van der Waals surface area contributed by atoms with Gasteiger partial charge >= 0.3 is 0 Å². The van der Waals surface area contributed by atoms with E-state index in [1.165, 1.54) is 6.42 Å². The van der Waals surface area contributed by atoms with Gasteiger partial charge in [0, 0.05) is 42.0 Å². The molecule has 1 aromatic heterocycles. The van der Waals surface area contributed by atoms with E-state index in [2.05, 4.69) is 27.7 Å². The normalized spacial score (nSPS) is 21.8. The quantitative estimate of drug-likeness (QED) is 0.814. The zero-order valence-corrected chi connectivity index (χ0v) is 17.5. The summed E-state index contributed by atoms with van der Waals surface area (Å²) >= 11 is 6.72. The number of amides is 1. The van der Waals surface area contributed by atoms with Gasteiger partial charge in [0.1, 0.15) is 5.82 Å². The highest BCUT2D eigenvalue weighted by atomic mass is 35.5. The second kappa shape index (κ2) is 7.88. The van der Waals surface area contributed by atoms with Crippen molar-refractivity contribution >= 4 is 34.2 Å². The lowest BCUT2D eigenvalue weighted by Crippen LogP contribution is -2.46. The van der Waals surface area contributed by atoms with Crippen LogP contribution in [0.4, 0.5) is 5.82 Å². The minimum Gasteiger partial charge on any atom is -0.355 e. The molecule has 0 unspecified atom stereocenters. The van der Waals surface area contributed by atoms with Gasteiger partial charge in [-0.1, -0.05) is 30.9 Å². The molecule has 2 heterocycles. The summed E-state index contributed by atoms with van der Waals surface area (Å²) in [6, 6.07) is 8.70. The number of halogens is 1. The molecule has 1 aliphatic heterocycles. The van der Waals surface area contributed by atoms with Gasteiger partial charge < -0.3 is 15.5 Å². The fourth-order valence-corrected chi connectivity index (χ4v) is 5.31. The number of pyridine rings is 1. The number of hydrogen-bond donors (Lipinski definition) is 2. The van der Waals surface area contributed by atoms with E-state index in [4.69, 9.17) is 16.6 Å². The molecule has 1 atom stereocenters. The molecule has 2 N–H and O–H groups in total. The summed E-state index contributed by atoms with van der Waals surface area (Å²) in [5.74, 6) is 1.01. The molecule has 6 heteroatoms. The van der Waals surface area contributed by atoms with Gasteiger partial charge in [0.05, 0.1) is 11.1 Å². The number of nitrogens with zero attached hydrogens (tertiary/aromatic N) is 2. The third-order valence-electron chi connectivity index (χ3n) is 6.33. The zero-order valence-electron chi connectivity index (χ0n) is 16.7. The molecule has 2 fully saturated rings. The number of carbonyl (C=O) groups excluding carboxylic acids is 1. The van der Waals surface area contributed by atoms with Crippen LogP contribution < -0.4 is 15.5 Å². The van der Waals surface area contributed by atoms with Crippen molar-refractivity contribution in [3.05, 3.63) is 34.9 Å². The molecular weight excluding hydrogens is 372 g/mol. The summed E-state index contributed by atoms with van der Waals surface area (Å²) in [7, 11) is 2.02. The van der Waals surface area contributed by atoms with Gasteiger partial charge in [0.2, 0.25) is 5.91 Å². The molecule has 28 heavy (non-hydrogen) atoms. The van der Waals surface area contributed by atoms with Crippen molar-refractivity contribution < 1.29 is 4.79 Å². The molecule has 2 aromatic rings. The molecule has 150 valence electrons. The average Bonchev–Trinajstić information content (AvgIpc) is 3.17. The van der Waals surface area contributed by atoms with Gasteiger partial charge in [0.25, 0.3) is 0 Å². The summed E-state index contributed by atoms with van der Waals surface area (Å²) in [4.78, 5) is 19.3. The van der Waals surface area contributed by atoms with Gasteiger partial charge in [-0.05, 0) is 50.6 Å². The standard InChI is InChI=1S/C22H29ClN4O/c1-15(28)26-22(11-4-3-5-12-22)21-17-6-9-20(25-19(17)8-7-18(21)23)27-13-10-16(14-27)24-2/h6-9,16,24H,3-5,10-14H2,1-2H3,(H,26,28)/t16-/m1/s1. The van der Waals surface area contributed by atoms with Crippen molar-refractivity contribution in [2.24, 2.45) is 0 Å². The van der Waals surface area contributed by atoms with Crippen LogP contribution in [-0.4, -0.2) is 37.1 Å². The van der Waals surface area contributed by atoms with Gasteiger partial charge in [-0.25, -0.2) is 4.98 Å². The Morgan fingerprint density at radius 1 is 1.21 bits per heavy atom. The van der Waals surface area contributed by atoms with E-state index in [9.17, 15) is 4.79 Å². The molecular formula is C22H29ClN4O. The lowest BCUT2D eigenvalue weighted by atomic mass is 9.75. The number of nitrogens with one attached hydrogen (secondary N) is 2. The van der Waals surface area contributed by atoms with E-state index in [0.717, 1.165) is 67.5 Å². The van der Waals surface area contributed by atoms with Crippen molar-refractivity contribution in [1.82, 2.24) is 15.6 Å². The Morgan fingerprint density at radius 2 is 2.00 bits per heavy atom. The largest absolute Gasteiger partial charge is 0.355 e. The Kier molecular flexibility index (Phi) is 5.48. The highest BCUT2D eigenvalue weighted by Gasteiger charge is 2.38. The molecule has 1 saturated carbocycles. The molecule has 4 rings (SSSR count). The monoisotopic (exact) mass is 400 g/mol. The summed E-state index contributed by atoms with van der Waals surface area (Å²) < 4.78 is 0. The predicted molar refractivity (Wildman–Crippen MR) is 115 cm³/mol. The SMILES string of the molecule is CN[C@@H]1CCN(c2ccc3c(C4(NC(C)=O)CCCCC4)c(Cl)ccc3n2)C1. The van der Waals surface area contributed by atoms with Crippen LogP contribution in [0.5, 0.6) is 0 Å². The molecule has 1 amide bonds. The molecule has 0 spiro atoms. The lowest BCUT2D eigenvalue weighted by molar-refractivity contribution is -0.121. The van der Waals surface area contributed by atoms with Crippen molar-refractivity contribution in [3.8, 4) is 0 Å². The molecule has 1 aliphatic carbocycles. The number of carbonyl (C=O) groups is 1. The number of benzene rings is 1. The predicted octanol–water partition coefficient (Wildman–Crippen LogP) is 3.98.